The van der Waals surface area contributed by atoms with Gasteiger partial charge in [-0.1, -0.05) is 26.0 Å². The van der Waals surface area contributed by atoms with Gasteiger partial charge in [0.1, 0.15) is 7.28 Å². The first-order valence-electron chi connectivity index (χ1n) is 2.93. The Hall–Kier alpha value is 0.495. The summed E-state index contributed by atoms with van der Waals surface area (Å²) >= 11 is 0. The molecule has 7 heavy (non-hydrogen) atoms. The molecule has 1 atom stereocenters. The first-order chi connectivity index (χ1) is 3.41. The van der Waals surface area contributed by atoms with E-state index in [1.807, 2.05) is 0 Å². The zero-order valence-corrected chi connectivity index (χ0v) is 6.14. The van der Waals surface area contributed by atoms with E-state index in [0.717, 1.165) is 0 Å². The molecule has 0 aromatic carbocycles. The summed E-state index contributed by atoms with van der Waals surface area (Å²) in [6.07, 6.45) is 5.10. The van der Waals surface area contributed by atoms with Gasteiger partial charge >= 0.3 is 0 Å². The molecule has 1 radical (unpaired) electrons. The van der Waals surface area contributed by atoms with Crippen molar-refractivity contribution in [3.8, 4) is 0 Å². The normalized spacial score (nSPS) is 8.86. The number of hydrogen-bond acceptors (Lipinski definition) is 0. The molecular weight excluding hydrogens is 102 g/mol. The molecule has 41 valence electrons. The average molecular weight is 115 g/mol. The second-order valence-electron chi connectivity index (χ2n) is 1.63. The van der Waals surface area contributed by atoms with Crippen LogP contribution in [0.4, 0.5) is 0 Å². The summed E-state index contributed by atoms with van der Waals surface area (Å²) in [5.41, 5.74) is 0. The van der Waals surface area contributed by atoms with E-state index in [9.17, 15) is 0 Å². The van der Waals surface area contributed by atoms with Crippen LogP contribution in [0, 0.1) is 0 Å². The van der Waals surface area contributed by atoms with Crippen LogP contribution in [0.25, 0.3) is 0 Å². The van der Waals surface area contributed by atoms with Crippen LogP contribution in [0.5, 0.6) is 0 Å². The van der Waals surface area contributed by atoms with E-state index in [0.29, 0.717) is 0 Å². The SMILES string of the molecule is CC[B]CCCP. The standard InChI is InChI=1S/C5H13BP/c1-2-6-4-3-5-7/h2-5,7H2,1H3. The van der Waals surface area contributed by atoms with Crippen molar-refractivity contribution in [2.75, 3.05) is 6.16 Å². The van der Waals surface area contributed by atoms with E-state index in [2.05, 4.69) is 23.4 Å². The van der Waals surface area contributed by atoms with E-state index in [4.69, 9.17) is 0 Å². The molecule has 0 aromatic heterocycles. The lowest BCUT2D eigenvalue weighted by Crippen LogP contribution is -1.84. The van der Waals surface area contributed by atoms with Gasteiger partial charge in [0, 0.05) is 0 Å². The zero-order chi connectivity index (χ0) is 5.54. The molecule has 0 aliphatic rings. The van der Waals surface area contributed by atoms with E-state index < -0.39 is 0 Å². The molecule has 0 aromatic rings. The van der Waals surface area contributed by atoms with Gasteiger partial charge in [0.15, 0.2) is 0 Å². The third-order valence-corrected chi connectivity index (χ3v) is 1.31. The Balaban J connectivity index is 2.45. The molecule has 2 heteroatoms. The smallest absolute Gasteiger partial charge is 0.109 e. The molecule has 0 N–H and O–H groups in total. The lowest BCUT2D eigenvalue weighted by Gasteiger charge is -1.88. The topological polar surface area (TPSA) is 0 Å². The highest BCUT2D eigenvalue weighted by Crippen LogP contribution is 1.94. The van der Waals surface area contributed by atoms with Crippen molar-refractivity contribution in [1.29, 1.82) is 0 Å². The Morgan fingerprint density at radius 3 is 2.71 bits per heavy atom. The van der Waals surface area contributed by atoms with Gasteiger partial charge < -0.3 is 0 Å². The summed E-state index contributed by atoms with van der Waals surface area (Å²) in [7, 11) is 5.05. The maximum Gasteiger partial charge on any atom is 0.109 e. The fourth-order valence-electron chi connectivity index (χ4n) is 0.466. The molecule has 0 fully saturated rings. The Labute approximate surface area is 49.5 Å². The van der Waals surface area contributed by atoms with Gasteiger partial charge in [0.05, 0.1) is 0 Å². The molecule has 0 spiro atoms. The molecule has 0 nitrogen and oxygen atoms in total. The number of rotatable bonds is 4. The molecule has 0 aliphatic heterocycles. The van der Waals surface area contributed by atoms with Crippen molar-refractivity contribution in [2.24, 2.45) is 0 Å². The Morgan fingerprint density at radius 1 is 1.57 bits per heavy atom. The molecule has 0 amide bonds. The highest BCUT2D eigenvalue weighted by atomic mass is 31.0. The summed E-state index contributed by atoms with van der Waals surface area (Å²) in [5.74, 6) is 0. The largest absolute Gasteiger partial charge is 0.138 e. The fraction of sp³-hybridized carbons (Fsp3) is 1.00. The van der Waals surface area contributed by atoms with Crippen molar-refractivity contribution in [1.82, 2.24) is 0 Å². The lowest BCUT2D eigenvalue weighted by molar-refractivity contribution is 1.08. The van der Waals surface area contributed by atoms with Crippen LogP contribution in [-0.2, 0) is 0 Å². The van der Waals surface area contributed by atoms with Crippen molar-refractivity contribution < 1.29 is 0 Å². The van der Waals surface area contributed by atoms with Crippen molar-refractivity contribution in [3.05, 3.63) is 0 Å². The van der Waals surface area contributed by atoms with Gasteiger partial charge in [-0.25, -0.2) is 0 Å². The molecule has 0 saturated carbocycles. The predicted octanol–water partition coefficient (Wildman–Crippen LogP) is 1.81. The van der Waals surface area contributed by atoms with Crippen LogP contribution in [0.3, 0.4) is 0 Å². The van der Waals surface area contributed by atoms with E-state index in [1.165, 1.54) is 25.2 Å². The van der Waals surface area contributed by atoms with E-state index >= 15 is 0 Å². The number of hydrogen-bond donors (Lipinski definition) is 0. The van der Waals surface area contributed by atoms with E-state index in [1.54, 1.807) is 0 Å². The highest BCUT2D eigenvalue weighted by molar-refractivity contribution is 7.16. The highest BCUT2D eigenvalue weighted by Gasteiger charge is 1.82. The van der Waals surface area contributed by atoms with Gasteiger partial charge in [-0.15, -0.1) is 9.24 Å². The molecular formula is C5H13BP. The molecule has 0 aliphatic carbocycles. The van der Waals surface area contributed by atoms with Crippen LogP contribution >= 0.6 is 9.24 Å². The van der Waals surface area contributed by atoms with Gasteiger partial charge in [-0.2, -0.15) is 0 Å². The van der Waals surface area contributed by atoms with Gasteiger partial charge in [0.2, 0.25) is 0 Å². The summed E-state index contributed by atoms with van der Waals surface area (Å²) < 4.78 is 0. The molecule has 0 bridgehead atoms. The van der Waals surface area contributed by atoms with E-state index in [-0.39, 0.29) is 0 Å². The van der Waals surface area contributed by atoms with Crippen molar-refractivity contribution in [3.63, 3.8) is 0 Å². The van der Waals surface area contributed by atoms with Crippen LogP contribution in [-0.4, -0.2) is 13.4 Å². The summed E-state index contributed by atoms with van der Waals surface area (Å²) in [6.45, 7) is 2.18. The first kappa shape index (κ1) is 7.49. The second-order valence-corrected chi connectivity index (χ2v) is 2.21. The Bertz CT molecular complexity index is 27.3. The minimum Gasteiger partial charge on any atom is -0.138 e. The average Bonchev–Trinajstić information content (AvgIpc) is 1.69. The maximum atomic E-state index is 2.73. The van der Waals surface area contributed by atoms with Gasteiger partial charge in [-0.3, -0.25) is 0 Å². The molecule has 0 saturated heterocycles. The zero-order valence-electron chi connectivity index (χ0n) is 4.98. The first-order valence-corrected chi connectivity index (χ1v) is 3.75. The fourth-order valence-corrected chi connectivity index (χ4v) is 0.702. The van der Waals surface area contributed by atoms with Crippen LogP contribution < -0.4 is 0 Å². The summed E-state index contributed by atoms with van der Waals surface area (Å²) in [6, 6.07) is 0. The third-order valence-electron chi connectivity index (χ3n) is 0.901. The van der Waals surface area contributed by atoms with Crippen molar-refractivity contribution >= 4 is 16.5 Å². The quantitative estimate of drug-likeness (QED) is 0.297. The monoisotopic (exact) mass is 115 g/mol. The molecule has 1 unspecified atom stereocenters. The summed E-state index contributed by atoms with van der Waals surface area (Å²) in [4.78, 5) is 0. The Morgan fingerprint density at radius 2 is 2.29 bits per heavy atom. The van der Waals surface area contributed by atoms with Crippen molar-refractivity contribution in [2.45, 2.75) is 26.0 Å². The van der Waals surface area contributed by atoms with Gasteiger partial charge in [0.25, 0.3) is 0 Å². The lowest BCUT2D eigenvalue weighted by atomic mass is 9.71. The van der Waals surface area contributed by atoms with Crippen LogP contribution in [0.2, 0.25) is 12.6 Å². The molecule has 0 rings (SSSR count). The third kappa shape index (κ3) is 6.49. The minimum atomic E-state index is 1.23. The van der Waals surface area contributed by atoms with Crippen LogP contribution in [0.1, 0.15) is 13.3 Å². The maximum absolute atomic E-state index is 2.73. The summed E-state index contributed by atoms with van der Waals surface area (Å²) in [5, 5.41) is 0. The minimum absolute atomic E-state index is 1.23. The second kappa shape index (κ2) is 6.49. The van der Waals surface area contributed by atoms with Gasteiger partial charge in [-0.05, 0) is 6.16 Å². The molecule has 0 heterocycles. The van der Waals surface area contributed by atoms with Crippen LogP contribution in [0.15, 0.2) is 0 Å². The predicted molar refractivity (Wildman–Crippen MR) is 40.2 cm³/mol. The Kier molecular flexibility index (Phi) is 6.95.